The zero-order chi connectivity index (χ0) is 12.3. The Hall–Kier alpha value is -2.16. The van der Waals surface area contributed by atoms with E-state index in [-0.39, 0.29) is 5.97 Å². The molecule has 0 aliphatic rings. The molecule has 1 heterocycles. The predicted octanol–water partition coefficient (Wildman–Crippen LogP) is 2.84. The highest BCUT2D eigenvalue weighted by Crippen LogP contribution is 2.20. The maximum atomic E-state index is 11.4. The van der Waals surface area contributed by atoms with Crippen molar-refractivity contribution in [3.05, 3.63) is 53.7 Å². The molecular weight excluding hydrogens is 214 g/mol. The van der Waals surface area contributed by atoms with Gasteiger partial charge in [0.2, 0.25) is 0 Å². The fourth-order valence-electron chi connectivity index (χ4n) is 1.70. The fraction of sp³-hybridized carbons (Fsp3) is 0.143. The zero-order valence-electron chi connectivity index (χ0n) is 9.81. The fourth-order valence-corrected chi connectivity index (χ4v) is 1.70. The van der Waals surface area contributed by atoms with Crippen LogP contribution in [0.2, 0.25) is 0 Å². The maximum absolute atomic E-state index is 11.4. The predicted molar refractivity (Wildman–Crippen MR) is 65.7 cm³/mol. The zero-order valence-corrected chi connectivity index (χ0v) is 9.81. The summed E-state index contributed by atoms with van der Waals surface area (Å²) < 4.78 is 4.71. The summed E-state index contributed by atoms with van der Waals surface area (Å²) in [5.41, 5.74) is 3.37. The molecule has 0 atom stereocenters. The van der Waals surface area contributed by atoms with Gasteiger partial charge in [-0.2, -0.15) is 0 Å². The van der Waals surface area contributed by atoms with Crippen LogP contribution in [0.15, 0.2) is 42.6 Å². The first-order chi connectivity index (χ1) is 8.22. The number of aromatic nitrogens is 1. The van der Waals surface area contributed by atoms with Crippen LogP contribution in [0.5, 0.6) is 0 Å². The number of hydrogen-bond donors (Lipinski definition) is 0. The Kier molecular flexibility index (Phi) is 3.19. The molecule has 3 nitrogen and oxygen atoms in total. The van der Waals surface area contributed by atoms with E-state index in [2.05, 4.69) is 4.98 Å². The van der Waals surface area contributed by atoms with E-state index in [1.807, 2.05) is 37.3 Å². The van der Waals surface area contributed by atoms with E-state index in [1.165, 1.54) is 7.11 Å². The summed E-state index contributed by atoms with van der Waals surface area (Å²) in [6.07, 6.45) is 1.75. The Bertz CT molecular complexity index is 535. The number of hydrogen-bond acceptors (Lipinski definition) is 3. The molecule has 0 saturated heterocycles. The van der Waals surface area contributed by atoms with Gasteiger partial charge >= 0.3 is 5.97 Å². The Morgan fingerprint density at radius 1 is 1.24 bits per heavy atom. The first-order valence-electron chi connectivity index (χ1n) is 5.33. The van der Waals surface area contributed by atoms with E-state index in [1.54, 1.807) is 12.3 Å². The Morgan fingerprint density at radius 2 is 2.06 bits per heavy atom. The van der Waals surface area contributed by atoms with Crippen LogP contribution in [-0.4, -0.2) is 18.1 Å². The largest absolute Gasteiger partial charge is 0.465 e. The number of carbonyl (C=O) groups excluding carboxylic acids is 1. The minimum Gasteiger partial charge on any atom is -0.465 e. The second-order valence-corrected chi connectivity index (χ2v) is 3.74. The Morgan fingerprint density at radius 3 is 2.65 bits per heavy atom. The van der Waals surface area contributed by atoms with Gasteiger partial charge in [0, 0.05) is 11.8 Å². The van der Waals surface area contributed by atoms with Gasteiger partial charge in [0.15, 0.2) is 0 Å². The Balaban J connectivity index is 2.41. The minimum atomic E-state index is -0.310. The van der Waals surface area contributed by atoms with Gasteiger partial charge in [-0.25, -0.2) is 4.79 Å². The van der Waals surface area contributed by atoms with Gasteiger partial charge in [-0.1, -0.05) is 12.1 Å². The van der Waals surface area contributed by atoms with Crippen LogP contribution in [0.1, 0.15) is 15.9 Å². The monoisotopic (exact) mass is 227 g/mol. The molecule has 0 saturated carbocycles. The van der Waals surface area contributed by atoms with Gasteiger partial charge in [0.25, 0.3) is 0 Å². The molecule has 0 aliphatic carbocycles. The second kappa shape index (κ2) is 4.78. The highest BCUT2D eigenvalue weighted by Gasteiger charge is 2.09. The number of esters is 1. The maximum Gasteiger partial charge on any atom is 0.338 e. The van der Waals surface area contributed by atoms with Crippen molar-refractivity contribution in [2.24, 2.45) is 0 Å². The molecule has 0 amide bonds. The van der Waals surface area contributed by atoms with Crippen LogP contribution in [0.4, 0.5) is 0 Å². The number of benzene rings is 1. The van der Waals surface area contributed by atoms with Gasteiger partial charge in [0.1, 0.15) is 0 Å². The lowest BCUT2D eigenvalue weighted by Gasteiger charge is -2.06. The molecule has 3 heteroatoms. The molecular formula is C14H13NO2. The standard InChI is InChI=1S/C14H13NO2/c1-10-9-11(13-5-3-4-8-15-13)6-7-12(10)14(16)17-2/h3-9H,1-2H3. The number of rotatable bonds is 2. The van der Waals surface area contributed by atoms with E-state index in [9.17, 15) is 4.79 Å². The summed E-state index contributed by atoms with van der Waals surface area (Å²) in [6, 6.07) is 11.3. The number of ether oxygens (including phenoxy) is 1. The van der Waals surface area contributed by atoms with Gasteiger partial charge < -0.3 is 4.74 Å². The molecule has 0 fully saturated rings. The molecule has 0 spiro atoms. The third-order valence-corrected chi connectivity index (χ3v) is 2.59. The quantitative estimate of drug-likeness (QED) is 0.740. The van der Waals surface area contributed by atoms with Crippen LogP contribution < -0.4 is 0 Å². The molecule has 86 valence electrons. The molecule has 0 bridgehead atoms. The molecule has 2 aromatic rings. The second-order valence-electron chi connectivity index (χ2n) is 3.74. The van der Waals surface area contributed by atoms with Crippen LogP contribution >= 0.6 is 0 Å². The average molecular weight is 227 g/mol. The van der Waals surface area contributed by atoms with Gasteiger partial charge in [-0.15, -0.1) is 0 Å². The lowest BCUT2D eigenvalue weighted by Crippen LogP contribution is -2.03. The van der Waals surface area contributed by atoms with Crippen molar-refractivity contribution in [2.75, 3.05) is 7.11 Å². The van der Waals surface area contributed by atoms with Crippen molar-refractivity contribution in [3.8, 4) is 11.3 Å². The summed E-state index contributed by atoms with van der Waals surface area (Å²) in [5.74, 6) is -0.310. The van der Waals surface area contributed by atoms with Crippen molar-refractivity contribution >= 4 is 5.97 Å². The summed E-state index contributed by atoms with van der Waals surface area (Å²) in [7, 11) is 1.38. The van der Waals surface area contributed by atoms with Crippen LogP contribution in [0, 0.1) is 6.92 Å². The van der Waals surface area contributed by atoms with Crippen molar-refractivity contribution in [1.29, 1.82) is 0 Å². The molecule has 2 rings (SSSR count). The minimum absolute atomic E-state index is 0.310. The van der Waals surface area contributed by atoms with E-state index in [0.717, 1.165) is 16.8 Å². The average Bonchev–Trinajstić information content (AvgIpc) is 2.39. The van der Waals surface area contributed by atoms with E-state index in [4.69, 9.17) is 4.74 Å². The van der Waals surface area contributed by atoms with Gasteiger partial charge in [0.05, 0.1) is 18.4 Å². The highest BCUT2D eigenvalue weighted by molar-refractivity contribution is 5.91. The summed E-state index contributed by atoms with van der Waals surface area (Å²) >= 11 is 0. The van der Waals surface area contributed by atoms with E-state index < -0.39 is 0 Å². The Labute approximate surface area is 100 Å². The van der Waals surface area contributed by atoms with Crippen LogP contribution in [0.3, 0.4) is 0 Å². The summed E-state index contributed by atoms with van der Waals surface area (Å²) in [5, 5.41) is 0. The molecule has 0 aliphatic heterocycles. The molecule has 1 aromatic carbocycles. The molecule has 17 heavy (non-hydrogen) atoms. The molecule has 1 aromatic heterocycles. The first-order valence-corrected chi connectivity index (χ1v) is 5.33. The third-order valence-electron chi connectivity index (χ3n) is 2.59. The molecule has 0 unspecified atom stereocenters. The number of aryl methyl sites for hydroxylation is 1. The van der Waals surface area contributed by atoms with E-state index >= 15 is 0 Å². The van der Waals surface area contributed by atoms with E-state index in [0.29, 0.717) is 5.56 Å². The first kappa shape index (κ1) is 11.3. The summed E-state index contributed by atoms with van der Waals surface area (Å²) in [6.45, 7) is 1.89. The lowest BCUT2D eigenvalue weighted by molar-refractivity contribution is 0.0600. The number of methoxy groups -OCH3 is 1. The topological polar surface area (TPSA) is 39.2 Å². The van der Waals surface area contributed by atoms with Crippen molar-refractivity contribution in [3.63, 3.8) is 0 Å². The number of carbonyl (C=O) groups is 1. The normalized spacial score (nSPS) is 10.0. The van der Waals surface area contributed by atoms with Crippen molar-refractivity contribution in [2.45, 2.75) is 6.92 Å². The number of nitrogens with zero attached hydrogens (tertiary/aromatic N) is 1. The molecule has 0 N–H and O–H groups in total. The smallest absolute Gasteiger partial charge is 0.338 e. The van der Waals surface area contributed by atoms with Gasteiger partial charge in [-0.3, -0.25) is 4.98 Å². The molecule has 0 radical (unpaired) electrons. The van der Waals surface area contributed by atoms with Crippen LogP contribution in [0.25, 0.3) is 11.3 Å². The highest BCUT2D eigenvalue weighted by atomic mass is 16.5. The lowest BCUT2D eigenvalue weighted by atomic mass is 10.0. The number of pyridine rings is 1. The third kappa shape index (κ3) is 2.33. The SMILES string of the molecule is COC(=O)c1ccc(-c2ccccn2)cc1C. The van der Waals surface area contributed by atoms with Crippen molar-refractivity contribution < 1.29 is 9.53 Å². The summed E-state index contributed by atoms with van der Waals surface area (Å²) in [4.78, 5) is 15.7. The van der Waals surface area contributed by atoms with Crippen LogP contribution in [-0.2, 0) is 4.74 Å². The van der Waals surface area contributed by atoms with Gasteiger partial charge in [-0.05, 0) is 36.8 Å². The van der Waals surface area contributed by atoms with Crippen molar-refractivity contribution in [1.82, 2.24) is 4.98 Å².